The van der Waals surface area contributed by atoms with E-state index in [1.807, 2.05) is 7.05 Å². The van der Waals surface area contributed by atoms with Gasteiger partial charge in [-0.25, -0.2) is 8.42 Å². The van der Waals surface area contributed by atoms with Gasteiger partial charge in [-0.15, -0.1) is 0 Å². The summed E-state index contributed by atoms with van der Waals surface area (Å²) in [5, 5.41) is 2.93. The zero-order valence-electron chi connectivity index (χ0n) is 9.81. The molecule has 0 aromatic heterocycles. The van der Waals surface area contributed by atoms with Crippen molar-refractivity contribution in [3.63, 3.8) is 0 Å². The first-order valence-corrected chi connectivity index (χ1v) is 7.85. The summed E-state index contributed by atoms with van der Waals surface area (Å²) in [5.74, 6) is 0.218. The number of hydrogen-bond donors (Lipinski definition) is 1. The van der Waals surface area contributed by atoms with Crippen molar-refractivity contribution in [1.29, 1.82) is 0 Å². The molecule has 94 valence electrons. The zero-order valence-corrected chi connectivity index (χ0v) is 10.6. The SMILES string of the molecule is CNC1CCCC1S(=O)(=O)CC1CCCO1. The maximum absolute atomic E-state index is 12.2. The van der Waals surface area contributed by atoms with Gasteiger partial charge in [-0.2, -0.15) is 0 Å². The van der Waals surface area contributed by atoms with Crippen molar-refractivity contribution < 1.29 is 13.2 Å². The molecule has 3 atom stereocenters. The van der Waals surface area contributed by atoms with Gasteiger partial charge in [-0.3, -0.25) is 0 Å². The van der Waals surface area contributed by atoms with Crippen molar-refractivity contribution in [2.45, 2.75) is 49.5 Å². The predicted molar refractivity (Wildman–Crippen MR) is 63.2 cm³/mol. The van der Waals surface area contributed by atoms with Crippen LogP contribution in [-0.4, -0.2) is 45.2 Å². The van der Waals surface area contributed by atoms with Crippen LogP contribution < -0.4 is 5.32 Å². The summed E-state index contributed by atoms with van der Waals surface area (Å²) in [6.07, 6.45) is 4.65. The Morgan fingerprint density at radius 3 is 2.69 bits per heavy atom. The van der Waals surface area contributed by atoms with Crippen LogP contribution in [0.4, 0.5) is 0 Å². The Labute approximate surface area is 97.7 Å². The molecular weight excluding hydrogens is 226 g/mol. The molecule has 3 unspecified atom stereocenters. The molecule has 0 aromatic carbocycles. The van der Waals surface area contributed by atoms with E-state index < -0.39 is 9.84 Å². The molecule has 16 heavy (non-hydrogen) atoms. The number of sulfone groups is 1. The van der Waals surface area contributed by atoms with Gasteiger partial charge in [0.25, 0.3) is 0 Å². The number of nitrogens with one attached hydrogen (secondary N) is 1. The van der Waals surface area contributed by atoms with Gasteiger partial charge in [-0.1, -0.05) is 6.42 Å². The molecule has 1 saturated heterocycles. The Hall–Kier alpha value is -0.130. The van der Waals surface area contributed by atoms with Gasteiger partial charge in [0.2, 0.25) is 0 Å². The van der Waals surface area contributed by atoms with Gasteiger partial charge >= 0.3 is 0 Å². The molecular formula is C11H21NO3S. The fourth-order valence-corrected chi connectivity index (χ4v) is 5.17. The fraction of sp³-hybridized carbons (Fsp3) is 1.00. The quantitative estimate of drug-likeness (QED) is 0.795. The van der Waals surface area contributed by atoms with Crippen molar-refractivity contribution in [2.24, 2.45) is 0 Å². The van der Waals surface area contributed by atoms with Crippen LogP contribution in [0.3, 0.4) is 0 Å². The van der Waals surface area contributed by atoms with Crippen molar-refractivity contribution >= 4 is 9.84 Å². The van der Waals surface area contributed by atoms with Crippen LogP contribution in [0.25, 0.3) is 0 Å². The lowest BCUT2D eigenvalue weighted by Crippen LogP contribution is -2.41. The van der Waals surface area contributed by atoms with Gasteiger partial charge in [0, 0.05) is 12.6 Å². The van der Waals surface area contributed by atoms with E-state index in [1.165, 1.54) is 0 Å². The van der Waals surface area contributed by atoms with E-state index in [4.69, 9.17) is 4.74 Å². The Morgan fingerprint density at radius 1 is 1.25 bits per heavy atom. The molecule has 2 rings (SSSR count). The molecule has 0 bridgehead atoms. The first kappa shape index (κ1) is 12.3. The third-order valence-corrected chi connectivity index (χ3v) is 6.05. The second-order valence-corrected chi connectivity index (χ2v) is 7.09. The topological polar surface area (TPSA) is 55.4 Å². The van der Waals surface area contributed by atoms with E-state index in [-0.39, 0.29) is 23.1 Å². The highest BCUT2D eigenvalue weighted by Crippen LogP contribution is 2.27. The lowest BCUT2D eigenvalue weighted by molar-refractivity contribution is 0.127. The minimum Gasteiger partial charge on any atom is -0.377 e. The average Bonchev–Trinajstić information content (AvgIpc) is 2.85. The van der Waals surface area contributed by atoms with E-state index >= 15 is 0 Å². The molecule has 2 fully saturated rings. The molecule has 0 aromatic rings. The lowest BCUT2D eigenvalue weighted by atomic mass is 10.2. The Balaban J connectivity index is 2.00. The Bertz CT molecular complexity index is 322. The highest BCUT2D eigenvalue weighted by Gasteiger charge is 2.38. The van der Waals surface area contributed by atoms with Crippen LogP contribution in [0.15, 0.2) is 0 Å². The van der Waals surface area contributed by atoms with Gasteiger partial charge < -0.3 is 10.1 Å². The Morgan fingerprint density at radius 2 is 2.06 bits per heavy atom. The first-order valence-electron chi connectivity index (χ1n) is 6.14. The van der Waals surface area contributed by atoms with E-state index in [9.17, 15) is 8.42 Å². The van der Waals surface area contributed by atoms with Crippen LogP contribution in [0.1, 0.15) is 32.1 Å². The molecule has 0 spiro atoms. The summed E-state index contributed by atoms with van der Waals surface area (Å²) >= 11 is 0. The molecule has 2 aliphatic rings. The third kappa shape index (κ3) is 2.57. The van der Waals surface area contributed by atoms with Crippen LogP contribution in [0, 0.1) is 0 Å². The minimum atomic E-state index is -2.99. The second-order valence-electron chi connectivity index (χ2n) is 4.83. The number of hydrogen-bond acceptors (Lipinski definition) is 4. The largest absolute Gasteiger partial charge is 0.377 e. The third-order valence-electron chi connectivity index (χ3n) is 3.73. The summed E-state index contributed by atoms with van der Waals surface area (Å²) < 4.78 is 29.9. The van der Waals surface area contributed by atoms with E-state index in [0.29, 0.717) is 0 Å². The van der Waals surface area contributed by atoms with Crippen LogP contribution in [-0.2, 0) is 14.6 Å². The highest BCUT2D eigenvalue weighted by atomic mass is 32.2. The van der Waals surface area contributed by atoms with Gasteiger partial charge in [-0.05, 0) is 32.7 Å². The maximum Gasteiger partial charge on any atom is 0.157 e. The predicted octanol–water partition coefficient (Wildman–Crippen LogP) is 0.721. The summed E-state index contributed by atoms with van der Waals surface area (Å²) in [6, 6.07) is 0.145. The molecule has 1 aliphatic heterocycles. The second kappa shape index (κ2) is 5.02. The van der Waals surface area contributed by atoms with E-state index in [1.54, 1.807) is 0 Å². The summed E-state index contributed by atoms with van der Waals surface area (Å²) in [5.41, 5.74) is 0. The standard InChI is InChI=1S/C11H21NO3S/c1-12-10-5-2-6-11(10)16(13,14)8-9-4-3-7-15-9/h9-12H,2-8H2,1H3. The molecule has 0 radical (unpaired) electrons. The fourth-order valence-electron chi connectivity index (χ4n) is 2.84. The number of ether oxygens (including phenoxy) is 1. The van der Waals surface area contributed by atoms with Gasteiger partial charge in [0.05, 0.1) is 17.1 Å². The molecule has 0 amide bonds. The summed E-state index contributed by atoms with van der Waals surface area (Å²) in [7, 11) is -1.14. The molecule has 1 N–H and O–H groups in total. The minimum absolute atomic E-state index is 0.0527. The summed E-state index contributed by atoms with van der Waals surface area (Å²) in [4.78, 5) is 0. The molecule has 1 aliphatic carbocycles. The zero-order chi connectivity index (χ0) is 11.6. The first-order chi connectivity index (χ1) is 7.63. The van der Waals surface area contributed by atoms with Crippen molar-refractivity contribution in [2.75, 3.05) is 19.4 Å². The van der Waals surface area contributed by atoms with Crippen molar-refractivity contribution in [3.05, 3.63) is 0 Å². The maximum atomic E-state index is 12.2. The van der Waals surface area contributed by atoms with Gasteiger partial charge in [0.15, 0.2) is 9.84 Å². The summed E-state index contributed by atoms with van der Waals surface area (Å²) in [6.45, 7) is 0.723. The van der Waals surface area contributed by atoms with E-state index in [2.05, 4.69) is 5.32 Å². The smallest absolute Gasteiger partial charge is 0.157 e. The lowest BCUT2D eigenvalue weighted by Gasteiger charge is -2.21. The highest BCUT2D eigenvalue weighted by molar-refractivity contribution is 7.92. The monoisotopic (exact) mass is 247 g/mol. The van der Waals surface area contributed by atoms with Crippen molar-refractivity contribution in [3.8, 4) is 0 Å². The van der Waals surface area contributed by atoms with Crippen LogP contribution in [0.2, 0.25) is 0 Å². The van der Waals surface area contributed by atoms with E-state index in [0.717, 1.165) is 38.7 Å². The van der Waals surface area contributed by atoms with Gasteiger partial charge in [0.1, 0.15) is 0 Å². The van der Waals surface area contributed by atoms with Crippen LogP contribution in [0.5, 0.6) is 0 Å². The molecule has 5 heteroatoms. The van der Waals surface area contributed by atoms with Crippen LogP contribution >= 0.6 is 0 Å². The number of rotatable bonds is 4. The molecule has 4 nitrogen and oxygen atoms in total. The molecule has 1 saturated carbocycles. The Kier molecular flexibility index (Phi) is 3.87. The average molecular weight is 247 g/mol. The normalized spacial score (nSPS) is 35.7. The van der Waals surface area contributed by atoms with Crippen molar-refractivity contribution in [1.82, 2.24) is 5.32 Å². The molecule has 1 heterocycles.